The molecule has 2 rings (SSSR count). The molecule has 0 unspecified atom stereocenters. The van der Waals surface area contributed by atoms with E-state index >= 15 is 0 Å². The lowest BCUT2D eigenvalue weighted by molar-refractivity contribution is -0.376. The zero-order valence-corrected chi connectivity index (χ0v) is 13.7. The highest BCUT2D eigenvalue weighted by Gasteiger charge is 2.79. The van der Waals surface area contributed by atoms with Crippen LogP contribution in [0.4, 0.5) is 30.7 Å². The average Bonchev–Trinajstić information content (AvgIpc) is 2.55. The van der Waals surface area contributed by atoms with Crippen molar-refractivity contribution >= 4 is 0 Å². The molecule has 144 valence electrons. The number of benzene rings is 1. The molecule has 1 aliphatic carbocycles. The monoisotopic (exact) mass is 383 g/mol. The van der Waals surface area contributed by atoms with Gasteiger partial charge in [0.25, 0.3) is 0 Å². The van der Waals surface area contributed by atoms with E-state index in [0.717, 1.165) is 6.07 Å². The van der Waals surface area contributed by atoms with Crippen LogP contribution in [0, 0.1) is 16.7 Å². The third-order valence-corrected chi connectivity index (χ3v) is 5.34. The Morgan fingerprint density at radius 1 is 0.923 bits per heavy atom. The topological polar surface area (TPSA) is 44.0 Å². The lowest BCUT2D eigenvalue weighted by Gasteiger charge is -2.46. The largest absolute Gasteiger partial charge is 0.508 e. The summed E-state index contributed by atoms with van der Waals surface area (Å²) in [4.78, 5) is 0. The maximum absolute atomic E-state index is 14.2. The smallest absolute Gasteiger partial charge is 0.459 e. The number of hydrogen-bond donors (Lipinski definition) is 1. The number of nitrogens with zero attached hydrogens (tertiary/aromatic N) is 1. The van der Waals surface area contributed by atoms with E-state index in [2.05, 4.69) is 0 Å². The van der Waals surface area contributed by atoms with E-state index < -0.39 is 41.7 Å². The third-order valence-electron chi connectivity index (χ3n) is 5.34. The van der Waals surface area contributed by atoms with Gasteiger partial charge in [-0.25, -0.2) is 0 Å². The van der Waals surface area contributed by atoms with Crippen molar-refractivity contribution in [2.75, 3.05) is 0 Å². The van der Waals surface area contributed by atoms with Gasteiger partial charge < -0.3 is 5.11 Å². The molecule has 0 amide bonds. The van der Waals surface area contributed by atoms with Crippen LogP contribution in [-0.2, 0) is 5.41 Å². The minimum absolute atomic E-state index is 0.0316. The first-order valence-corrected chi connectivity index (χ1v) is 7.76. The molecule has 0 aliphatic heterocycles. The van der Waals surface area contributed by atoms with Crippen molar-refractivity contribution in [1.82, 2.24) is 0 Å². The van der Waals surface area contributed by atoms with E-state index in [9.17, 15) is 35.8 Å². The number of alkyl halides is 7. The molecule has 0 radical (unpaired) electrons. The zero-order chi connectivity index (χ0) is 20.0. The quantitative estimate of drug-likeness (QED) is 0.694. The lowest BCUT2D eigenvalue weighted by Crippen LogP contribution is -2.61. The van der Waals surface area contributed by atoms with Crippen molar-refractivity contribution < 1.29 is 35.8 Å². The van der Waals surface area contributed by atoms with Crippen LogP contribution in [0.5, 0.6) is 5.75 Å². The SMILES string of the molecule is CC1(c2ccc(O)cc2)CCC(C#N)(C(F)(F)C(F)(F)C(F)(F)F)CC1. The molecule has 1 aromatic carbocycles. The van der Waals surface area contributed by atoms with Gasteiger partial charge in [-0.3, -0.25) is 0 Å². The first-order chi connectivity index (χ1) is 11.7. The van der Waals surface area contributed by atoms with Gasteiger partial charge in [-0.15, -0.1) is 0 Å². The van der Waals surface area contributed by atoms with E-state index in [0.29, 0.717) is 5.56 Å². The molecule has 0 saturated heterocycles. The predicted octanol–water partition coefficient (Wildman–Crippen LogP) is 5.57. The summed E-state index contributed by atoms with van der Waals surface area (Å²) < 4.78 is 92.7. The summed E-state index contributed by atoms with van der Waals surface area (Å²) in [6, 6.07) is 6.83. The lowest BCUT2D eigenvalue weighted by atomic mass is 9.59. The van der Waals surface area contributed by atoms with E-state index in [4.69, 9.17) is 5.26 Å². The van der Waals surface area contributed by atoms with Gasteiger partial charge in [0.2, 0.25) is 0 Å². The van der Waals surface area contributed by atoms with Crippen LogP contribution in [0.1, 0.15) is 38.2 Å². The molecule has 1 saturated carbocycles. The number of aromatic hydroxyl groups is 1. The third kappa shape index (κ3) is 2.89. The second-order valence-corrected chi connectivity index (χ2v) is 6.95. The van der Waals surface area contributed by atoms with E-state index in [1.807, 2.05) is 0 Å². The van der Waals surface area contributed by atoms with Crippen LogP contribution < -0.4 is 0 Å². The Bertz CT molecular complexity index is 695. The van der Waals surface area contributed by atoms with Gasteiger partial charge in [0.1, 0.15) is 11.2 Å². The van der Waals surface area contributed by atoms with E-state index in [1.165, 1.54) is 24.3 Å². The van der Waals surface area contributed by atoms with Crippen molar-refractivity contribution in [3.05, 3.63) is 29.8 Å². The Morgan fingerprint density at radius 2 is 1.38 bits per heavy atom. The summed E-state index contributed by atoms with van der Waals surface area (Å²) in [5.74, 6) is -11.9. The van der Waals surface area contributed by atoms with E-state index in [-0.39, 0.29) is 18.6 Å². The van der Waals surface area contributed by atoms with E-state index in [1.54, 1.807) is 6.92 Å². The van der Waals surface area contributed by atoms with Crippen molar-refractivity contribution in [3.8, 4) is 11.8 Å². The van der Waals surface area contributed by atoms with Crippen molar-refractivity contribution in [3.63, 3.8) is 0 Å². The standard InChI is InChI=1S/C17H16F7NO/c1-13(11-2-4-12(26)5-3-11)6-8-14(10-25,9-7-13)15(18,19)16(20,21)17(22,23)24/h2-5,26H,6-9H2,1H3. The number of halogens is 7. The molecular weight excluding hydrogens is 367 g/mol. The molecule has 2 nitrogen and oxygen atoms in total. The Hall–Kier alpha value is -1.98. The Balaban J connectivity index is 2.34. The molecule has 0 aromatic heterocycles. The maximum atomic E-state index is 14.2. The summed E-state index contributed by atoms with van der Waals surface area (Å²) in [7, 11) is 0. The summed E-state index contributed by atoms with van der Waals surface area (Å²) in [5, 5.41) is 18.4. The fraction of sp³-hybridized carbons (Fsp3) is 0.588. The van der Waals surface area contributed by atoms with Crippen LogP contribution in [0.25, 0.3) is 0 Å². The highest BCUT2D eigenvalue weighted by Crippen LogP contribution is 2.60. The first kappa shape index (κ1) is 20.3. The van der Waals surface area contributed by atoms with Gasteiger partial charge in [0.15, 0.2) is 0 Å². The fourth-order valence-corrected chi connectivity index (χ4v) is 3.36. The van der Waals surface area contributed by atoms with Gasteiger partial charge >= 0.3 is 18.0 Å². The van der Waals surface area contributed by atoms with Gasteiger partial charge in [0.05, 0.1) is 6.07 Å². The van der Waals surface area contributed by atoms with Crippen LogP contribution >= 0.6 is 0 Å². The zero-order valence-electron chi connectivity index (χ0n) is 13.7. The second-order valence-electron chi connectivity index (χ2n) is 6.95. The first-order valence-electron chi connectivity index (χ1n) is 7.76. The van der Waals surface area contributed by atoms with Crippen molar-refractivity contribution in [2.24, 2.45) is 5.41 Å². The summed E-state index contributed by atoms with van der Waals surface area (Å²) in [6.45, 7) is 1.65. The summed E-state index contributed by atoms with van der Waals surface area (Å²) in [5.41, 5.74) is -3.27. The number of nitriles is 1. The van der Waals surface area contributed by atoms with Crippen molar-refractivity contribution in [1.29, 1.82) is 5.26 Å². The molecule has 0 bridgehead atoms. The molecule has 1 fully saturated rings. The Morgan fingerprint density at radius 3 is 1.77 bits per heavy atom. The van der Waals surface area contributed by atoms with Crippen molar-refractivity contribution in [2.45, 2.75) is 56.0 Å². The Labute approximate surface area is 145 Å². The molecule has 1 aliphatic rings. The Kier molecular flexibility index (Phi) is 4.72. The molecule has 26 heavy (non-hydrogen) atoms. The predicted molar refractivity (Wildman–Crippen MR) is 77.9 cm³/mol. The summed E-state index contributed by atoms with van der Waals surface area (Å²) >= 11 is 0. The highest BCUT2D eigenvalue weighted by molar-refractivity contribution is 5.32. The van der Waals surface area contributed by atoms with Crippen LogP contribution in [0.3, 0.4) is 0 Å². The molecular formula is C17H16F7NO. The molecule has 0 atom stereocenters. The minimum atomic E-state index is -6.46. The highest BCUT2D eigenvalue weighted by atomic mass is 19.4. The van der Waals surface area contributed by atoms with Gasteiger partial charge in [-0.2, -0.15) is 36.0 Å². The maximum Gasteiger partial charge on any atom is 0.459 e. The average molecular weight is 383 g/mol. The molecule has 1 aromatic rings. The fourth-order valence-electron chi connectivity index (χ4n) is 3.36. The number of phenolic OH excluding ortho intramolecular Hbond substituents is 1. The van der Waals surface area contributed by atoms with Crippen LogP contribution in [0.15, 0.2) is 24.3 Å². The normalized spacial score (nSPS) is 27.8. The van der Waals surface area contributed by atoms with Crippen LogP contribution in [0.2, 0.25) is 0 Å². The number of phenols is 1. The molecule has 9 heteroatoms. The second kappa shape index (κ2) is 6.03. The number of hydrogen-bond acceptors (Lipinski definition) is 2. The van der Waals surface area contributed by atoms with Gasteiger partial charge in [-0.05, 0) is 48.8 Å². The van der Waals surface area contributed by atoms with Crippen LogP contribution in [-0.4, -0.2) is 23.1 Å². The molecule has 0 heterocycles. The molecule has 1 N–H and O–H groups in total. The van der Waals surface area contributed by atoms with Gasteiger partial charge in [-0.1, -0.05) is 19.1 Å². The molecule has 0 spiro atoms. The minimum Gasteiger partial charge on any atom is -0.508 e. The number of rotatable bonds is 3. The van der Waals surface area contributed by atoms with Gasteiger partial charge in [0, 0.05) is 0 Å². The summed E-state index contributed by atoms with van der Waals surface area (Å²) in [6.07, 6.45) is -8.42.